The molecule has 0 aliphatic heterocycles. The molecule has 9 heteroatoms. The van der Waals surface area contributed by atoms with Gasteiger partial charge in [0, 0.05) is 12.8 Å². The minimum atomic E-state index is -1.62. The smallest absolute Gasteiger partial charge is 0.306 e. The summed E-state index contributed by atoms with van der Waals surface area (Å²) in [6.07, 6.45) is 73.3. The first-order valence-electron chi connectivity index (χ1n) is 35.3. The fraction of sp³-hybridized carbons (Fsp3) is 0.930. The van der Waals surface area contributed by atoms with Gasteiger partial charge in [-0.3, -0.25) is 9.59 Å². The van der Waals surface area contributed by atoms with Gasteiger partial charge >= 0.3 is 11.9 Å². The Morgan fingerprint density at radius 3 is 0.925 bits per heavy atom. The molecular formula is C71H137NO8. The number of allylic oxidation sites excluding steroid dienone is 2. The quantitative estimate of drug-likeness (QED) is 0.0195. The second-order valence-corrected chi connectivity index (χ2v) is 25.5. The van der Waals surface area contributed by atoms with Crippen LogP contribution in [0.5, 0.6) is 0 Å². The summed E-state index contributed by atoms with van der Waals surface area (Å²) in [5, 5.41) is 11.8. The van der Waals surface area contributed by atoms with E-state index in [0.717, 1.165) is 51.4 Å². The van der Waals surface area contributed by atoms with Crippen LogP contribution in [0.25, 0.3) is 0 Å². The maximum Gasteiger partial charge on any atom is 0.306 e. The van der Waals surface area contributed by atoms with E-state index < -0.39 is 24.3 Å². The van der Waals surface area contributed by atoms with Crippen molar-refractivity contribution >= 4 is 17.9 Å². The van der Waals surface area contributed by atoms with Gasteiger partial charge in [-0.2, -0.15) is 0 Å². The number of ether oxygens (including phenoxy) is 4. The summed E-state index contributed by atoms with van der Waals surface area (Å²) >= 11 is 0. The first kappa shape index (κ1) is 78.0. The minimum Gasteiger partial charge on any atom is -0.545 e. The molecule has 0 rings (SSSR count). The number of unbranched alkanes of at least 4 members (excludes halogenated alkanes) is 50. The largest absolute Gasteiger partial charge is 0.545 e. The zero-order chi connectivity index (χ0) is 58.3. The van der Waals surface area contributed by atoms with Gasteiger partial charge in [0.15, 0.2) is 12.4 Å². The summed E-state index contributed by atoms with van der Waals surface area (Å²) < 4.78 is 22.8. The second kappa shape index (κ2) is 63.1. The normalized spacial score (nSPS) is 12.7. The van der Waals surface area contributed by atoms with Crippen molar-refractivity contribution in [1.29, 1.82) is 0 Å². The molecule has 0 heterocycles. The predicted octanol–water partition coefficient (Wildman–Crippen LogP) is 20.3. The minimum absolute atomic E-state index is 0.150. The van der Waals surface area contributed by atoms with Crippen molar-refractivity contribution in [3.05, 3.63) is 12.2 Å². The lowest BCUT2D eigenvalue weighted by Crippen LogP contribution is -2.44. The topological polar surface area (TPSA) is 111 Å². The molecule has 80 heavy (non-hydrogen) atoms. The molecule has 0 amide bonds. The van der Waals surface area contributed by atoms with Gasteiger partial charge in [0.2, 0.25) is 0 Å². The molecular weight excluding hydrogens is 995 g/mol. The molecule has 0 radical (unpaired) electrons. The van der Waals surface area contributed by atoms with Crippen LogP contribution >= 0.6 is 0 Å². The summed E-state index contributed by atoms with van der Waals surface area (Å²) in [5.41, 5.74) is 0. The van der Waals surface area contributed by atoms with Crippen LogP contribution in [0.3, 0.4) is 0 Å². The molecule has 0 aromatic rings. The van der Waals surface area contributed by atoms with E-state index in [0.29, 0.717) is 23.9 Å². The Bertz CT molecular complexity index is 1320. The number of hydrogen-bond donors (Lipinski definition) is 0. The molecule has 0 aliphatic rings. The SMILES string of the molecule is CCCCCCCCC/C=C\CCCCCCCC(=O)OC(COC(=O)CCCCCCCCCCCCCCCCCCCCCCCCCCCCCCCCCCCCCCCCC)COC(OCC[N+](C)(C)C)C(=O)[O-]. The molecule has 0 saturated carbocycles. The Morgan fingerprint density at radius 1 is 0.362 bits per heavy atom. The van der Waals surface area contributed by atoms with Crippen LogP contribution < -0.4 is 5.11 Å². The van der Waals surface area contributed by atoms with Gasteiger partial charge in [-0.1, -0.05) is 328 Å². The highest BCUT2D eigenvalue weighted by Gasteiger charge is 2.22. The van der Waals surface area contributed by atoms with Crippen LogP contribution in [0.2, 0.25) is 0 Å². The first-order chi connectivity index (χ1) is 39.1. The van der Waals surface area contributed by atoms with Crippen molar-refractivity contribution in [2.75, 3.05) is 47.5 Å². The van der Waals surface area contributed by atoms with Gasteiger partial charge in [0.25, 0.3) is 0 Å². The summed E-state index contributed by atoms with van der Waals surface area (Å²) in [5.74, 6) is -2.27. The fourth-order valence-corrected chi connectivity index (χ4v) is 10.8. The average molecular weight is 1130 g/mol. The number of esters is 2. The van der Waals surface area contributed by atoms with Crippen LogP contribution in [0.15, 0.2) is 12.2 Å². The number of carboxylic acid groups (broad SMARTS) is 1. The van der Waals surface area contributed by atoms with E-state index in [1.165, 1.54) is 283 Å². The third-order valence-corrected chi connectivity index (χ3v) is 16.3. The standard InChI is InChI=1S/C71H137NO8/c1-6-8-10-12-14-16-18-20-22-24-25-26-27-28-29-30-31-32-33-34-35-36-37-38-39-40-41-42-43-44-45-46-48-49-51-53-55-57-59-61-68(73)78-65-67(66-79-71(70(75)76)77-64-63-72(3,4)5)80-69(74)62-60-58-56-54-52-50-47-23-21-19-17-15-13-11-9-7-2/h23,47,67,71H,6-22,24-46,48-66H2,1-5H3/b47-23-. The molecule has 0 spiro atoms. The predicted molar refractivity (Wildman–Crippen MR) is 339 cm³/mol. The monoisotopic (exact) mass is 1130 g/mol. The van der Waals surface area contributed by atoms with Crippen LogP contribution in [0, 0.1) is 0 Å². The zero-order valence-electron chi connectivity index (χ0n) is 54.2. The lowest BCUT2D eigenvalue weighted by atomic mass is 10.0. The van der Waals surface area contributed by atoms with Gasteiger partial charge in [-0.15, -0.1) is 0 Å². The number of likely N-dealkylation sites (N-methyl/N-ethyl adjacent to an activating group) is 1. The van der Waals surface area contributed by atoms with E-state index in [9.17, 15) is 19.5 Å². The average Bonchev–Trinajstić information content (AvgIpc) is 3.43. The third kappa shape index (κ3) is 63.6. The highest BCUT2D eigenvalue weighted by molar-refractivity contribution is 5.70. The molecule has 9 nitrogen and oxygen atoms in total. The summed E-state index contributed by atoms with van der Waals surface area (Å²) in [6, 6.07) is 0. The van der Waals surface area contributed by atoms with E-state index in [1.807, 2.05) is 21.1 Å². The molecule has 474 valence electrons. The van der Waals surface area contributed by atoms with Crippen LogP contribution in [0.1, 0.15) is 367 Å². The maximum absolute atomic E-state index is 12.9. The van der Waals surface area contributed by atoms with E-state index in [-0.39, 0.29) is 32.2 Å². The highest BCUT2D eigenvalue weighted by Crippen LogP contribution is 2.19. The molecule has 0 aromatic carbocycles. The molecule has 0 fully saturated rings. The number of carboxylic acids is 1. The second-order valence-electron chi connectivity index (χ2n) is 25.5. The number of hydrogen-bond acceptors (Lipinski definition) is 8. The Balaban J connectivity index is 3.89. The molecule has 0 saturated heterocycles. The number of quaternary nitrogens is 1. The number of rotatable bonds is 67. The number of aliphatic carboxylic acids is 1. The van der Waals surface area contributed by atoms with Crippen molar-refractivity contribution in [2.45, 2.75) is 379 Å². The van der Waals surface area contributed by atoms with Gasteiger partial charge in [-0.05, 0) is 38.5 Å². The number of nitrogens with zero attached hydrogens (tertiary/aromatic N) is 1. The third-order valence-electron chi connectivity index (χ3n) is 16.3. The van der Waals surface area contributed by atoms with Crippen molar-refractivity contribution in [3.8, 4) is 0 Å². The Hall–Kier alpha value is -1.97. The Kier molecular flexibility index (Phi) is 61.5. The Morgan fingerprint density at radius 2 is 0.637 bits per heavy atom. The van der Waals surface area contributed by atoms with Gasteiger partial charge in [0.1, 0.15) is 13.2 Å². The fourth-order valence-electron chi connectivity index (χ4n) is 10.8. The maximum atomic E-state index is 12.9. The van der Waals surface area contributed by atoms with Crippen LogP contribution in [-0.4, -0.2) is 82.3 Å². The number of carbonyl (C=O) groups excluding carboxylic acids is 3. The van der Waals surface area contributed by atoms with Crippen molar-refractivity contribution in [3.63, 3.8) is 0 Å². The Labute approximate surface area is 497 Å². The van der Waals surface area contributed by atoms with E-state index in [4.69, 9.17) is 18.9 Å². The lowest BCUT2D eigenvalue weighted by molar-refractivity contribution is -0.870. The van der Waals surface area contributed by atoms with Crippen molar-refractivity contribution in [2.24, 2.45) is 0 Å². The number of carbonyl (C=O) groups is 3. The van der Waals surface area contributed by atoms with E-state index >= 15 is 0 Å². The van der Waals surface area contributed by atoms with Crippen LogP contribution in [-0.2, 0) is 33.3 Å². The summed E-state index contributed by atoms with van der Waals surface area (Å²) in [7, 11) is 5.94. The van der Waals surface area contributed by atoms with Gasteiger partial charge in [0.05, 0.1) is 40.3 Å². The van der Waals surface area contributed by atoms with E-state index in [2.05, 4.69) is 26.0 Å². The highest BCUT2D eigenvalue weighted by atomic mass is 16.7. The van der Waals surface area contributed by atoms with E-state index in [1.54, 1.807) is 0 Å². The molecule has 2 unspecified atom stereocenters. The zero-order valence-corrected chi connectivity index (χ0v) is 54.2. The van der Waals surface area contributed by atoms with Crippen molar-refractivity contribution < 1.29 is 42.9 Å². The molecule has 0 aromatic heterocycles. The van der Waals surface area contributed by atoms with Gasteiger partial charge in [-0.25, -0.2) is 0 Å². The van der Waals surface area contributed by atoms with Crippen LogP contribution in [0.4, 0.5) is 0 Å². The summed E-state index contributed by atoms with van der Waals surface area (Å²) in [4.78, 5) is 37.4. The molecule has 2 atom stereocenters. The molecule has 0 bridgehead atoms. The van der Waals surface area contributed by atoms with Gasteiger partial charge < -0.3 is 33.3 Å². The molecule has 0 aliphatic carbocycles. The first-order valence-corrected chi connectivity index (χ1v) is 35.3. The van der Waals surface area contributed by atoms with Crippen molar-refractivity contribution in [1.82, 2.24) is 0 Å². The lowest BCUT2D eigenvalue weighted by Gasteiger charge is -2.26. The summed E-state index contributed by atoms with van der Waals surface area (Å²) in [6.45, 7) is 4.80. The molecule has 0 N–H and O–H groups in total.